The number of anilines is 1. The molecular formula is C39H47ClF5N7. The van der Waals surface area contributed by atoms with Gasteiger partial charge < -0.3 is 15.8 Å². The summed E-state index contributed by atoms with van der Waals surface area (Å²) in [5, 5.41) is 4.21. The van der Waals surface area contributed by atoms with Crippen molar-refractivity contribution in [1.29, 1.82) is 0 Å². The molecule has 1 aliphatic heterocycles. The maximum Gasteiger partial charge on any atom is 0.433 e. The summed E-state index contributed by atoms with van der Waals surface area (Å²) in [6, 6.07) is 9.04. The van der Waals surface area contributed by atoms with E-state index in [1.54, 1.807) is 36.4 Å². The summed E-state index contributed by atoms with van der Waals surface area (Å²) in [6.45, 7) is 11.1. The van der Waals surface area contributed by atoms with Crippen LogP contribution in [0.15, 0.2) is 79.3 Å². The second-order valence-electron chi connectivity index (χ2n) is 13.6. The quantitative estimate of drug-likeness (QED) is 0.0915. The number of likely N-dealkylation sites (tertiary alicyclic amines) is 1. The van der Waals surface area contributed by atoms with Gasteiger partial charge in [0.15, 0.2) is 11.6 Å². The maximum absolute atomic E-state index is 15.6. The van der Waals surface area contributed by atoms with Crippen molar-refractivity contribution >= 4 is 17.3 Å². The van der Waals surface area contributed by atoms with Gasteiger partial charge in [0.25, 0.3) is 0 Å². The third-order valence-corrected chi connectivity index (χ3v) is 10.5. The lowest BCUT2D eigenvalue weighted by atomic mass is 9.89. The molecule has 3 aromatic rings. The minimum atomic E-state index is -4.66. The predicted octanol–water partition coefficient (Wildman–Crippen LogP) is 9.35. The number of likely N-dealkylation sites (N-methyl/N-ethyl adjacent to an activating group) is 1. The minimum absolute atomic E-state index is 0.0297. The van der Waals surface area contributed by atoms with Crippen LogP contribution >= 0.6 is 11.6 Å². The Labute approximate surface area is 308 Å². The average molecular weight is 744 g/mol. The van der Waals surface area contributed by atoms with Gasteiger partial charge in [0.2, 0.25) is 0 Å². The Hall–Kier alpha value is -3.84. The molecule has 1 saturated carbocycles. The highest BCUT2D eigenvalue weighted by Crippen LogP contribution is 2.42. The number of rotatable bonds is 15. The molecule has 0 unspecified atom stereocenters. The number of nitrogens with one attached hydrogen (secondary N) is 2. The fourth-order valence-electron chi connectivity index (χ4n) is 7.37. The van der Waals surface area contributed by atoms with Crippen molar-refractivity contribution in [3.8, 4) is 11.3 Å². The van der Waals surface area contributed by atoms with Crippen molar-refractivity contribution in [1.82, 2.24) is 30.3 Å². The van der Waals surface area contributed by atoms with Gasteiger partial charge in [0, 0.05) is 36.8 Å². The van der Waals surface area contributed by atoms with Crippen molar-refractivity contribution in [2.75, 3.05) is 39.2 Å². The van der Waals surface area contributed by atoms with Gasteiger partial charge >= 0.3 is 6.18 Å². The highest BCUT2D eigenvalue weighted by molar-refractivity contribution is 6.31. The van der Waals surface area contributed by atoms with Crippen molar-refractivity contribution in [2.45, 2.75) is 76.0 Å². The van der Waals surface area contributed by atoms with Gasteiger partial charge in [-0.1, -0.05) is 68.3 Å². The zero-order valence-electron chi connectivity index (χ0n) is 29.8. The van der Waals surface area contributed by atoms with E-state index < -0.39 is 29.0 Å². The zero-order valence-corrected chi connectivity index (χ0v) is 30.6. The Morgan fingerprint density at radius 1 is 0.942 bits per heavy atom. The first-order chi connectivity index (χ1) is 24.9. The summed E-state index contributed by atoms with van der Waals surface area (Å²) in [5.74, 6) is -1.63. The van der Waals surface area contributed by atoms with E-state index in [0.29, 0.717) is 52.4 Å². The van der Waals surface area contributed by atoms with Crippen LogP contribution in [0.5, 0.6) is 0 Å². The number of nitrogens with zero attached hydrogens (tertiary/aromatic N) is 5. The lowest BCUT2D eigenvalue weighted by Crippen LogP contribution is -2.56. The Bertz CT molecular complexity index is 1740. The molecule has 52 heavy (non-hydrogen) atoms. The smallest absolute Gasteiger partial charge is 0.303 e. The number of aromatic nitrogens is 2. The summed E-state index contributed by atoms with van der Waals surface area (Å²) < 4.78 is 71.5. The molecule has 0 amide bonds. The summed E-state index contributed by atoms with van der Waals surface area (Å²) >= 11 is 6.29. The van der Waals surface area contributed by atoms with Crippen LogP contribution in [0.3, 0.4) is 0 Å². The molecule has 2 fully saturated rings. The lowest BCUT2D eigenvalue weighted by molar-refractivity contribution is -0.141. The van der Waals surface area contributed by atoms with E-state index in [1.165, 1.54) is 25.3 Å². The minimum Gasteiger partial charge on any atom is -0.303 e. The second-order valence-corrected chi connectivity index (χ2v) is 14.0. The summed E-state index contributed by atoms with van der Waals surface area (Å²) in [5.41, 5.74) is 7.60. The molecule has 0 spiro atoms. The molecular weight excluding hydrogens is 697 g/mol. The molecule has 1 saturated heterocycles. The molecule has 0 atom stereocenters. The van der Waals surface area contributed by atoms with E-state index >= 15 is 8.78 Å². The molecule has 13 heteroatoms. The monoisotopic (exact) mass is 743 g/mol. The van der Waals surface area contributed by atoms with Crippen molar-refractivity contribution in [3.05, 3.63) is 113 Å². The number of hydrogen-bond acceptors (Lipinski definition) is 7. The Morgan fingerprint density at radius 3 is 2.29 bits per heavy atom. The van der Waals surface area contributed by atoms with Crippen molar-refractivity contribution in [3.63, 3.8) is 0 Å². The van der Waals surface area contributed by atoms with Gasteiger partial charge in [-0.25, -0.2) is 28.8 Å². The normalized spacial score (nSPS) is 16.3. The topological polar surface area (TPSA) is 59.6 Å². The number of piperidine rings is 1. The molecule has 1 aliphatic carbocycles. The number of alkyl halides is 3. The van der Waals surface area contributed by atoms with E-state index in [-0.39, 0.29) is 17.8 Å². The maximum atomic E-state index is 15.6. The molecule has 0 radical (unpaired) electrons. The molecule has 2 heterocycles. The summed E-state index contributed by atoms with van der Waals surface area (Å²) in [6.07, 6.45) is 7.66. The largest absolute Gasteiger partial charge is 0.433 e. The van der Waals surface area contributed by atoms with E-state index in [2.05, 4.69) is 38.9 Å². The van der Waals surface area contributed by atoms with Crippen LogP contribution in [0.4, 0.5) is 27.6 Å². The van der Waals surface area contributed by atoms with Gasteiger partial charge in [-0.05, 0) is 93.6 Å². The van der Waals surface area contributed by atoms with Crippen LogP contribution in [0.2, 0.25) is 5.02 Å². The van der Waals surface area contributed by atoms with Crippen LogP contribution in [-0.4, -0.2) is 64.2 Å². The Balaban J connectivity index is 1.37. The number of hydrogen-bond donors (Lipinski definition) is 2. The molecule has 0 bridgehead atoms. The summed E-state index contributed by atoms with van der Waals surface area (Å²) in [7, 11) is 3.74. The van der Waals surface area contributed by atoms with Crippen LogP contribution < -0.4 is 10.9 Å². The fraction of sp³-hybridized carbons (Fsp3) is 0.436. The molecule has 280 valence electrons. The number of allylic oxidation sites excluding steroid dienone is 3. The SMILES string of the molecule is C=CC(C=C)=C(NNc1ccc(Cl)cc1-c1cc(C(F)(F)F)ncn1)C1(N(C)N(C)Cc2ccc(CCCN3CCCCC3)c(F)c2F)CCCC1. The van der Waals surface area contributed by atoms with Crippen LogP contribution in [-0.2, 0) is 19.1 Å². The number of hydrazine groups is 2. The molecule has 7 nitrogen and oxygen atoms in total. The summed E-state index contributed by atoms with van der Waals surface area (Å²) in [4.78, 5) is 9.88. The number of benzene rings is 2. The Morgan fingerprint density at radius 2 is 1.62 bits per heavy atom. The van der Waals surface area contributed by atoms with Crippen molar-refractivity contribution in [2.24, 2.45) is 0 Å². The molecule has 2 aliphatic rings. The van der Waals surface area contributed by atoms with Crippen molar-refractivity contribution < 1.29 is 22.0 Å². The fourth-order valence-corrected chi connectivity index (χ4v) is 7.54. The van der Waals surface area contributed by atoms with Gasteiger partial charge in [-0.15, -0.1) is 0 Å². The second kappa shape index (κ2) is 17.3. The highest BCUT2D eigenvalue weighted by Gasteiger charge is 2.44. The van der Waals surface area contributed by atoms with Gasteiger partial charge in [0.05, 0.1) is 22.6 Å². The average Bonchev–Trinajstić information content (AvgIpc) is 3.64. The first-order valence-electron chi connectivity index (χ1n) is 17.7. The van der Waals surface area contributed by atoms with Gasteiger partial charge in [-0.3, -0.25) is 0 Å². The molecule has 2 N–H and O–H groups in total. The molecule has 5 rings (SSSR count). The highest BCUT2D eigenvalue weighted by atomic mass is 35.5. The predicted molar refractivity (Wildman–Crippen MR) is 197 cm³/mol. The first kappa shape index (κ1) is 39.4. The third kappa shape index (κ3) is 9.02. The van der Waals surface area contributed by atoms with Crippen LogP contribution in [0, 0.1) is 11.6 Å². The van der Waals surface area contributed by atoms with Crippen LogP contribution in [0.25, 0.3) is 11.3 Å². The van der Waals surface area contributed by atoms with Crippen LogP contribution in [0.1, 0.15) is 68.2 Å². The first-order valence-corrected chi connectivity index (χ1v) is 18.1. The zero-order chi connectivity index (χ0) is 37.5. The molecule has 2 aromatic carbocycles. The van der Waals surface area contributed by atoms with E-state index in [9.17, 15) is 13.2 Å². The van der Waals surface area contributed by atoms with E-state index in [0.717, 1.165) is 51.3 Å². The third-order valence-electron chi connectivity index (χ3n) is 10.3. The Kier molecular flexibility index (Phi) is 13.1. The standard InChI is InChI=1S/C39H47ClF5N7/c1-5-27(6-2)37(49-48-32-17-16-30(40)23-31(32)33-24-34(39(43,44)45)47-26-46-33)38(18-8-9-19-38)51(4)50(3)25-29-15-14-28(35(41)36(29)42)13-12-22-52-20-10-7-11-21-52/h5-6,14-17,23-24,26,48-49H,1-2,7-13,18-22,25H2,3-4H3. The van der Waals surface area contributed by atoms with Gasteiger partial charge in [0.1, 0.15) is 12.0 Å². The molecule has 1 aromatic heterocycles. The van der Waals surface area contributed by atoms with E-state index in [4.69, 9.17) is 11.6 Å². The van der Waals surface area contributed by atoms with E-state index in [1.807, 2.05) is 24.1 Å². The number of halogens is 6. The lowest BCUT2D eigenvalue weighted by Gasteiger charge is -2.46. The number of aryl methyl sites for hydroxylation is 1. The van der Waals surface area contributed by atoms with Gasteiger partial charge in [-0.2, -0.15) is 13.2 Å².